The molecule has 3 nitrogen and oxygen atoms in total. The molecule has 1 aliphatic rings. The highest BCUT2D eigenvalue weighted by atomic mass is 79.9. The number of nitrogens with one attached hydrogen (secondary N) is 1. The summed E-state index contributed by atoms with van der Waals surface area (Å²) in [6.45, 7) is 0. The molecule has 0 spiro atoms. The zero-order chi connectivity index (χ0) is 11.0. The lowest BCUT2D eigenvalue weighted by atomic mass is 10.2. The largest absolute Gasteiger partial charge is 0.367 e. The molecule has 1 fully saturated rings. The van der Waals surface area contributed by atoms with Crippen molar-refractivity contribution in [3.8, 4) is 0 Å². The minimum absolute atomic E-state index is 0.624. The van der Waals surface area contributed by atoms with Crippen LogP contribution in [0, 0.1) is 0 Å². The second-order valence-corrected chi connectivity index (χ2v) is 5.26. The number of aromatic nitrogens is 2. The van der Waals surface area contributed by atoms with Gasteiger partial charge in [0.15, 0.2) is 0 Å². The summed E-state index contributed by atoms with van der Waals surface area (Å²) in [6, 6.07) is 4.66. The fraction of sp³-hybridized carbons (Fsp3) is 0.417. The Kier molecular flexibility index (Phi) is 2.59. The van der Waals surface area contributed by atoms with Crippen LogP contribution in [-0.2, 0) is 0 Å². The summed E-state index contributed by atoms with van der Waals surface area (Å²) in [5.41, 5.74) is 0.990. The van der Waals surface area contributed by atoms with E-state index in [1.54, 1.807) is 0 Å². The number of hydrogen-bond acceptors (Lipinski definition) is 2. The molecule has 1 N–H and O–H groups in total. The topological polar surface area (TPSA) is 29.3 Å². The molecule has 0 bridgehead atoms. The molecule has 84 valence electrons. The number of hydrogen-bond donors (Lipinski definition) is 1. The molecular formula is C12H14BrN3. The van der Waals surface area contributed by atoms with Crippen LogP contribution in [0.1, 0.15) is 25.7 Å². The molecule has 1 aliphatic carbocycles. The van der Waals surface area contributed by atoms with Crippen LogP contribution in [-0.4, -0.2) is 15.4 Å². The maximum atomic E-state index is 4.38. The zero-order valence-electron chi connectivity index (χ0n) is 8.99. The van der Waals surface area contributed by atoms with Gasteiger partial charge < -0.3 is 5.32 Å². The van der Waals surface area contributed by atoms with Gasteiger partial charge in [-0.2, -0.15) is 0 Å². The van der Waals surface area contributed by atoms with Crippen molar-refractivity contribution in [1.82, 2.24) is 9.38 Å². The third-order valence-electron chi connectivity index (χ3n) is 3.18. The lowest BCUT2D eigenvalue weighted by Gasteiger charge is -2.12. The molecule has 0 saturated heterocycles. The summed E-state index contributed by atoms with van der Waals surface area (Å²) in [7, 11) is 0. The first-order chi connectivity index (χ1) is 7.83. The van der Waals surface area contributed by atoms with E-state index in [-0.39, 0.29) is 0 Å². The summed E-state index contributed by atoms with van der Waals surface area (Å²) in [4.78, 5) is 4.38. The van der Waals surface area contributed by atoms with E-state index in [1.165, 1.54) is 25.7 Å². The van der Waals surface area contributed by atoms with Gasteiger partial charge in [-0.25, -0.2) is 4.98 Å². The van der Waals surface area contributed by atoms with Crippen molar-refractivity contribution in [3.63, 3.8) is 0 Å². The average molecular weight is 280 g/mol. The van der Waals surface area contributed by atoms with Crippen LogP contribution in [0.3, 0.4) is 0 Å². The van der Waals surface area contributed by atoms with E-state index in [0.717, 1.165) is 15.9 Å². The van der Waals surface area contributed by atoms with Crippen molar-refractivity contribution < 1.29 is 0 Å². The lowest BCUT2D eigenvalue weighted by Crippen LogP contribution is -2.15. The number of pyridine rings is 1. The van der Waals surface area contributed by atoms with E-state index in [4.69, 9.17) is 0 Å². The Morgan fingerprint density at radius 2 is 2.12 bits per heavy atom. The quantitative estimate of drug-likeness (QED) is 0.913. The van der Waals surface area contributed by atoms with Crippen LogP contribution in [0.2, 0.25) is 0 Å². The highest BCUT2D eigenvalue weighted by molar-refractivity contribution is 9.10. The highest BCUT2D eigenvalue weighted by Gasteiger charge is 2.15. The predicted octanol–water partition coefficient (Wildman–Crippen LogP) is 3.45. The van der Waals surface area contributed by atoms with E-state index in [0.29, 0.717) is 6.04 Å². The maximum absolute atomic E-state index is 4.38. The van der Waals surface area contributed by atoms with Gasteiger partial charge in [0.05, 0.1) is 6.20 Å². The molecule has 0 atom stereocenters. The summed E-state index contributed by atoms with van der Waals surface area (Å²) >= 11 is 3.49. The van der Waals surface area contributed by atoms with Gasteiger partial charge in [-0.05, 0) is 40.9 Å². The monoisotopic (exact) mass is 279 g/mol. The van der Waals surface area contributed by atoms with Gasteiger partial charge in [-0.3, -0.25) is 4.40 Å². The molecule has 2 heterocycles. The second-order valence-electron chi connectivity index (χ2n) is 4.34. The Labute approximate surface area is 103 Å². The smallest absolute Gasteiger partial charge is 0.138 e. The lowest BCUT2D eigenvalue weighted by molar-refractivity contribution is 0.749. The first-order valence-electron chi connectivity index (χ1n) is 5.72. The minimum Gasteiger partial charge on any atom is -0.367 e. The Hall–Kier alpha value is -1.03. The first kappa shape index (κ1) is 10.1. The van der Waals surface area contributed by atoms with Gasteiger partial charge in [-0.1, -0.05) is 12.8 Å². The van der Waals surface area contributed by atoms with Crippen molar-refractivity contribution in [2.45, 2.75) is 31.7 Å². The van der Waals surface area contributed by atoms with Gasteiger partial charge in [0, 0.05) is 16.7 Å². The number of fused-ring (bicyclic) bond motifs is 1. The average Bonchev–Trinajstić information content (AvgIpc) is 2.90. The van der Waals surface area contributed by atoms with Gasteiger partial charge in [0.1, 0.15) is 11.5 Å². The van der Waals surface area contributed by atoms with Gasteiger partial charge >= 0.3 is 0 Å². The molecule has 1 saturated carbocycles. The van der Waals surface area contributed by atoms with Crippen LogP contribution in [0.4, 0.5) is 5.82 Å². The van der Waals surface area contributed by atoms with Crippen molar-refractivity contribution in [1.29, 1.82) is 0 Å². The standard InChI is InChI=1S/C12H14BrN3/c13-9-5-6-11-14-7-12(16(11)8-9)15-10-3-1-2-4-10/h5-8,10,15H,1-4H2. The molecule has 0 amide bonds. The first-order valence-corrected chi connectivity index (χ1v) is 6.51. The summed E-state index contributed by atoms with van der Waals surface area (Å²) in [5.74, 6) is 1.10. The number of imidazole rings is 1. The third kappa shape index (κ3) is 1.82. The van der Waals surface area contributed by atoms with Crippen LogP contribution >= 0.6 is 15.9 Å². The predicted molar refractivity (Wildman–Crippen MR) is 68.8 cm³/mol. The minimum atomic E-state index is 0.624. The van der Waals surface area contributed by atoms with Gasteiger partial charge in [-0.15, -0.1) is 0 Å². The Bertz CT molecular complexity index is 500. The summed E-state index contributed by atoms with van der Waals surface area (Å²) in [5, 5.41) is 3.57. The molecule has 0 aromatic carbocycles. The van der Waals surface area contributed by atoms with E-state index in [9.17, 15) is 0 Å². The Morgan fingerprint density at radius 3 is 2.94 bits per heavy atom. The molecule has 0 aliphatic heterocycles. The SMILES string of the molecule is Brc1ccc2ncc(NC3CCCC3)n2c1. The van der Waals surface area contributed by atoms with Crippen molar-refractivity contribution in [3.05, 3.63) is 29.0 Å². The highest BCUT2D eigenvalue weighted by Crippen LogP contribution is 2.23. The number of anilines is 1. The molecule has 4 heteroatoms. The molecule has 2 aromatic heterocycles. The molecule has 2 aromatic rings. The number of nitrogens with zero attached hydrogens (tertiary/aromatic N) is 2. The maximum Gasteiger partial charge on any atom is 0.138 e. The molecular weight excluding hydrogens is 266 g/mol. The van der Waals surface area contributed by atoms with Crippen LogP contribution in [0.5, 0.6) is 0 Å². The zero-order valence-corrected chi connectivity index (χ0v) is 10.6. The fourth-order valence-electron chi connectivity index (χ4n) is 2.34. The summed E-state index contributed by atoms with van der Waals surface area (Å²) in [6.07, 6.45) is 9.22. The van der Waals surface area contributed by atoms with Crippen molar-refractivity contribution in [2.75, 3.05) is 5.32 Å². The summed E-state index contributed by atoms with van der Waals surface area (Å²) < 4.78 is 3.18. The van der Waals surface area contributed by atoms with Gasteiger partial charge in [0.25, 0.3) is 0 Å². The van der Waals surface area contributed by atoms with Crippen molar-refractivity contribution >= 4 is 27.4 Å². The van der Waals surface area contributed by atoms with E-state index in [2.05, 4.69) is 36.8 Å². The number of rotatable bonds is 2. The molecule has 0 unspecified atom stereocenters. The number of halogens is 1. The fourth-order valence-corrected chi connectivity index (χ4v) is 2.68. The van der Waals surface area contributed by atoms with Gasteiger partial charge in [0.2, 0.25) is 0 Å². The van der Waals surface area contributed by atoms with Crippen LogP contribution < -0.4 is 5.32 Å². The Balaban J connectivity index is 1.93. The molecule has 0 radical (unpaired) electrons. The normalized spacial score (nSPS) is 17.1. The van der Waals surface area contributed by atoms with E-state index in [1.807, 2.05) is 18.3 Å². The van der Waals surface area contributed by atoms with Crippen LogP contribution in [0.15, 0.2) is 29.0 Å². The molecule has 16 heavy (non-hydrogen) atoms. The van der Waals surface area contributed by atoms with Crippen LogP contribution in [0.25, 0.3) is 5.65 Å². The third-order valence-corrected chi connectivity index (χ3v) is 3.65. The van der Waals surface area contributed by atoms with E-state index >= 15 is 0 Å². The van der Waals surface area contributed by atoms with Crippen molar-refractivity contribution in [2.24, 2.45) is 0 Å². The molecule has 3 rings (SSSR count). The Morgan fingerprint density at radius 1 is 1.31 bits per heavy atom. The van der Waals surface area contributed by atoms with E-state index < -0.39 is 0 Å². The second kappa shape index (κ2) is 4.09.